The number of nitrogens with two attached hydrogens (primary N) is 1. The van der Waals surface area contributed by atoms with E-state index in [4.69, 9.17) is 20.6 Å². The fraction of sp³-hybridized carbons (Fsp3) is 0.763. The number of nitrogens with zero attached hydrogens (tertiary/aromatic N) is 5. The van der Waals surface area contributed by atoms with Crippen LogP contribution in [-0.2, 0) is 11.3 Å². The summed E-state index contributed by atoms with van der Waals surface area (Å²) in [5.41, 5.74) is 11.1. The molecule has 4 N–H and O–H groups in total. The molecule has 262 valence electrons. The summed E-state index contributed by atoms with van der Waals surface area (Å²) in [7, 11) is 0. The molecule has 0 aromatic carbocycles. The van der Waals surface area contributed by atoms with Gasteiger partial charge in [0, 0.05) is 42.9 Å². The zero-order valence-corrected chi connectivity index (χ0v) is 30.6. The van der Waals surface area contributed by atoms with Crippen molar-refractivity contribution in [1.29, 1.82) is 0 Å². The molecule has 0 radical (unpaired) electrons. The zero-order valence-electron chi connectivity index (χ0n) is 29.0. The molecule has 1 aliphatic heterocycles. The van der Waals surface area contributed by atoms with Gasteiger partial charge in [-0.05, 0) is 147 Å². The number of hydrogen-bond acceptors (Lipinski definition) is 7. The second-order valence-electron chi connectivity index (χ2n) is 16.7. The van der Waals surface area contributed by atoms with E-state index in [9.17, 15) is 5.11 Å². The average Bonchev–Trinajstić information content (AvgIpc) is 3.82. The van der Waals surface area contributed by atoms with Crippen LogP contribution in [0, 0.1) is 34.5 Å². The summed E-state index contributed by atoms with van der Waals surface area (Å²) < 4.78 is 11.4. The van der Waals surface area contributed by atoms with E-state index >= 15 is 0 Å². The first-order valence-electron chi connectivity index (χ1n) is 19.1. The molecule has 4 aliphatic carbocycles. The number of halogens is 1. The first kappa shape index (κ1) is 33.2. The monoisotopic (exact) mass is 721 g/mol. The van der Waals surface area contributed by atoms with Gasteiger partial charge in [0.15, 0.2) is 5.65 Å². The van der Waals surface area contributed by atoms with Gasteiger partial charge in [0.25, 0.3) is 0 Å². The number of piperidine rings is 1. The van der Waals surface area contributed by atoms with Gasteiger partial charge < -0.3 is 20.9 Å². The number of ether oxygens (including phenoxy) is 1. The maximum atomic E-state index is 10.4. The highest BCUT2D eigenvalue weighted by Crippen LogP contribution is 2.66. The quantitative estimate of drug-likeness (QED) is 0.198. The van der Waals surface area contributed by atoms with Crippen LogP contribution in [0.1, 0.15) is 115 Å². The molecule has 5 aliphatic rings. The molecule has 0 spiro atoms. The van der Waals surface area contributed by atoms with Crippen LogP contribution in [0.3, 0.4) is 0 Å². The number of aliphatic hydroxyl groups excluding tert-OH is 1. The molecular formula is C38H56BrN7O2. The number of aliphatic hydroxyl groups is 1. The van der Waals surface area contributed by atoms with E-state index < -0.39 is 0 Å². The van der Waals surface area contributed by atoms with Crippen LogP contribution in [0.5, 0.6) is 0 Å². The number of nitrogens with one attached hydrogen (secondary N) is 1. The van der Waals surface area contributed by atoms with E-state index in [1.165, 1.54) is 44.9 Å². The molecule has 9 nitrogen and oxygen atoms in total. The Balaban J connectivity index is 0.829. The normalized spacial score (nSPS) is 36.5. The zero-order chi connectivity index (χ0) is 33.0. The number of rotatable bonds is 9. The third kappa shape index (κ3) is 5.74. The van der Waals surface area contributed by atoms with Gasteiger partial charge in [0.2, 0.25) is 0 Å². The van der Waals surface area contributed by atoms with Gasteiger partial charge in [0.1, 0.15) is 5.82 Å². The Labute approximate surface area is 294 Å². The Hall–Kier alpha value is -2.01. The lowest BCUT2D eigenvalue weighted by Crippen LogP contribution is -2.54. The standard InChI is InChI=1S/C38H56BrN7O2/c1-37-14-12-27(47)19-26(37)8-9-28-30-10-11-32(38(30,2)15-13-31(28)37)48-18-5-3-4-17-45-23-25(21-42-45)29-22-43-46-35(40)33(39)34(44-36(29)46)24-7-6-16-41-20-24/h21-24,26-28,30-32,41,47H,3-20,40H2,1-2H3/t24-,26+,27?,28+,30+,31+,32+,37+,38+/m1/s1. The summed E-state index contributed by atoms with van der Waals surface area (Å²) in [6.07, 6.45) is 23.1. The Morgan fingerprint density at radius 1 is 1.00 bits per heavy atom. The van der Waals surface area contributed by atoms with Crippen molar-refractivity contribution in [2.75, 3.05) is 25.4 Å². The van der Waals surface area contributed by atoms with Crippen molar-refractivity contribution in [1.82, 2.24) is 29.7 Å². The van der Waals surface area contributed by atoms with E-state index in [1.807, 2.05) is 12.4 Å². The molecule has 5 fully saturated rings. The largest absolute Gasteiger partial charge is 0.393 e. The molecule has 0 amide bonds. The van der Waals surface area contributed by atoms with Crippen LogP contribution in [0.2, 0.25) is 0 Å². The summed E-state index contributed by atoms with van der Waals surface area (Å²) in [6, 6.07) is 0. The second kappa shape index (κ2) is 13.3. The number of hydrogen-bond donors (Lipinski definition) is 3. The Morgan fingerprint density at radius 2 is 1.85 bits per heavy atom. The van der Waals surface area contributed by atoms with Crippen LogP contribution in [0.4, 0.5) is 5.82 Å². The van der Waals surface area contributed by atoms with Gasteiger partial charge in [-0.2, -0.15) is 14.7 Å². The van der Waals surface area contributed by atoms with E-state index in [0.717, 1.165) is 122 Å². The lowest BCUT2D eigenvalue weighted by atomic mass is 9.45. The Kier molecular flexibility index (Phi) is 9.17. The van der Waals surface area contributed by atoms with E-state index in [1.54, 1.807) is 4.52 Å². The fourth-order valence-corrected chi connectivity index (χ4v) is 12.0. The van der Waals surface area contributed by atoms with Crippen molar-refractivity contribution in [3.8, 4) is 11.1 Å². The molecule has 1 saturated heterocycles. The van der Waals surface area contributed by atoms with Crippen LogP contribution < -0.4 is 11.1 Å². The second-order valence-corrected chi connectivity index (χ2v) is 17.4. The number of nitrogen functional groups attached to an aromatic ring is 1. The van der Waals surface area contributed by atoms with Crippen LogP contribution in [-0.4, -0.2) is 61.4 Å². The summed E-state index contributed by atoms with van der Waals surface area (Å²) in [4.78, 5) is 5.08. The molecule has 1 unspecified atom stereocenters. The molecule has 0 bridgehead atoms. The molecule has 4 saturated carbocycles. The summed E-state index contributed by atoms with van der Waals surface area (Å²) in [5.74, 6) is 4.19. The van der Waals surface area contributed by atoms with Gasteiger partial charge in [-0.1, -0.05) is 13.8 Å². The first-order valence-corrected chi connectivity index (χ1v) is 19.9. The third-order valence-electron chi connectivity index (χ3n) is 14.2. The Bertz CT molecular complexity index is 1600. The van der Waals surface area contributed by atoms with Gasteiger partial charge in [-0.3, -0.25) is 4.68 Å². The van der Waals surface area contributed by atoms with Gasteiger partial charge in [-0.25, -0.2) is 4.98 Å². The maximum absolute atomic E-state index is 10.4. The minimum Gasteiger partial charge on any atom is -0.393 e. The van der Waals surface area contributed by atoms with Crippen molar-refractivity contribution < 1.29 is 9.84 Å². The van der Waals surface area contributed by atoms with Gasteiger partial charge >= 0.3 is 0 Å². The van der Waals surface area contributed by atoms with E-state index in [-0.39, 0.29) is 6.10 Å². The predicted molar refractivity (Wildman–Crippen MR) is 192 cm³/mol. The number of fused-ring (bicyclic) bond motifs is 6. The van der Waals surface area contributed by atoms with Gasteiger partial charge in [-0.15, -0.1) is 0 Å². The fourth-order valence-electron chi connectivity index (χ4n) is 11.4. The summed E-state index contributed by atoms with van der Waals surface area (Å²) in [5, 5.41) is 23.1. The van der Waals surface area contributed by atoms with Crippen molar-refractivity contribution >= 4 is 27.4 Å². The van der Waals surface area contributed by atoms with Crippen molar-refractivity contribution in [3.63, 3.8) is 0 Å². The number of aryl methyl sites for hydroxylation is 1. The average molecular weight is 723 g/mol. The third-order valence-corrected chi connectivity index (χ3v) is 15.0. The lowest BCUT2D eigenvalue weighted by molar-refractivity contribution is -0.141. The van der Waals surface area contributed by atoms with Crippen molar-refractivity contribution in [2.24, 2.45) is 34.5 Å². The highest BCUT2D eigenvalue weighted by molar-refractivity contribution is 9.10. The summed E-state index contributed by atoms with van der Waals surface area (Å²) in [6.45, 7) is 8.90. The SMILES string of the molecule is C[C@]12CCC(O)C[C@@H]1CC[C@@H]1[C@@H]2CC[C@]2(C)[C@@H](OCCCCCn3cc(-c4cnn5c(N)c(Br)c([C@@H]6CCCNC6)nc45)cn3)CC[C@@H]12. The minimum atomic E-state index is -0.0589. The number of unbranched alkanes of at least 4 members (excludes halogenated alkanes) is 2. The predicted octanol–water partition coefficient (Wildman–Crippen LogP) is 7.36. The molecule has 9 atom stereocenters. The highest BCUT2D eigenvalue weighted by atomic mass is 79.9. The van der Waals surface area contributed by atoms with Crippen LogP contribution >= 0.6 is 15.9 Å². The first-order chi connectivity index (χ1) is 23.3. The molecule has 8 rings (SSSR count). The van der Waals surface area contributed by atoms with Crippen LogP contribution in [0.15, 0.2) is 23.1 Å². The molecule has 10 heteroatoms. The number of aromatic nitrogens is 5. The molecule has 4 heterocycles. The van der Waals surface area contributed by atoms with Crippen LogP contribution in [0.25, 0.3) is 16.8 Å². The van der Waals surface area contributed by atoms with Crippen molar-refractivity contribution in [2.45, 2.75) is 128 Å². The highest BCUT2D eigenvalue weighted by Gasteiger charge is 2.60. The minimum absolute atomic E-state index is 0.0589. The molecule has 48 heavy (non-hydrogen) atoms. The smallest absolute Gasteiger partial charge is 0.165 e. The molecule has 3 aromatic heterocycles. The Morgan fingerprint density at radius 3 is 2.71 bits per heavy atom. The molecule has 3 aromatic rings. The van der Waals surface area contributed by atoms with Crippen molar-refractivity contribution in [3.05, 3.63) is 28.8 Å². The van der Waals surface area contributed by atoms with E-state index in [2.05, 4.69) is 51.1 Å². The maximum Gasteiger partial charge on any atom is 0.165 e. The van der Waals surface area contributed by atoms with E-state index in [0.29, 0.717) is 28.7 Å². The number of anilines is 1. The molecular weight excluding hydrogens is 666 g/mol. The topological polar surface area (TPSA) is 116 Å². The summed E-state index contributed by atoms with van der Waals surface area (Å²) >= 11 is 3.71. The van der Waals surface area contributed by atoms with Gasteiger partial charge in [0.05, 0.1) is 34.8 Å². The lowest BCUT2D eigenvalue weighted by Gasteiger charge is -2.60.